The van der Waals surface area contributed by atoms with Crippen molar-refractivity contribution in [2.45, 2.75) is 13.8 Å². The number of benzene rings is 2. The minimum absolute atomic E-state index is 0.0461. The van der Waals surface area contributed by atoms with Gasteiger partial charge in [0.2, 0.25) is 0 Å². The van der Waals surface area contributed by atoms with Gasteiger partial charge in [0.05, 0.1) is 12.7 Å². The van der Waals surface area contributed by atoms with Gasteiger partial charge in [0.1, 0.15) is 5.75 Å². The number of hydrogen-bond acceptors (Lipinski definition) is 4. The molecule has 0 aliphatic carbocycles. The van der Waals surface area contributed by atoms with Crippen molar-refractivity contribution >= 4 is 22.9 Å². The predicted octanol–water partition coefficient (Wildman–Crippen LogP) is 3.43. The van der Waals surface area contributed by atoms with Crippen molar-refractivity contribution in [3.8, 4) is 5.75 Å². The van der Waals surface area contributed by atoms with E-state index in [4.69, 9.17) is 4.74 Å². The number of ether oxygens (including phenoxy) is 1. The zero-order valence-corrected chi connectivity index (χ0v) is 16.1. The lowest BCUT2D eigenvalue weighted by molar-refractivity contribution is -0.110. The summed E-state index contributed by atoms with van der Waals surface area (Å²) in [6.07, 6.45) is 2.00. The average Bonchev–Trinajstić information content (AvgIpc) is 2.99. The SMILES string of the molecule is COc1ccc2c(c1)/C(=C\N1CCN(c3cccc(C)c3C)CC1)C(=O)N2. The highest BCUT2D eigenvalue weighted by atomic mass is 16.5. The zero-order chi connectivity index (χ0) is 19.0. The molecule has 0 spiro atoms. The van der Waals surface area contributed by atoms with Crippen LogP contribution in [0.15, 0.2) is 42.6 Å². The van der Waals surface area contributed by atoms with Gasteiger partial charge in [-0.15, -0.1) is 0 Å². The summed E-state index contributed by atoms with van der Waals surface area (Å²) in [5.41, 5.74) is 6.46. The van der Waals surface area contributed by atoms with Crippen molar-refractivity contribution in [1.82, 2.24) is 4.90 Å². The van der Waals surface area contributed by atoms with Gasteiger partial charge in [-0.3, -0.25) is 4.79 Å². The summed E-state index contributed by atoms with van der Waals surface area (Å²) in [6.45, 7) is 8.02. The van der Waals surface area contributed by atoms with E-state index in [0.29, 0.717) is 5.57 Å². The molecular formula is C22H25N3O2. The van der Waals surface area contributed by atoms with Crippen LogP contribution in [0.1, 0.15) is 16.7 Å². The fraction of sp³-hybridized carbons (Fsp3) is 0.318. The molecule has 0 radical (unpaired) electrons. The summed E-state index contributed by atoms with van der Waals surface area (Å²) in [5.74, 6) is 0.714. The minimum atomic E-state index is -0.0461. The van der Waals surface area contributed by atoms with Crippen LogP contribution in [0.4, 0.5) is 11.4 Å². The summed E-state index contributed by atoms with van der Waals surface area (Å²) < 4.78 is 5.31. The molecule has 4 rings (SSSR count). The standard InChI is InChI=1S/C22H25N3O2/c1-15-5-4-6-21(16(15)2)25-11-9-24(10-12-25)14-19-18-13-17(27-3)7-8-20(18)23-22(19)26/h4-8,13-14H,9-12H2,1-3H3,(H,23,26)/b19-14+. The first kappa shape index (κ1) is 17.5. The highest BCUT2D eigenvalue weighted by Crippen LogP contribution is 2.35. The highest BCUT2D eigenvalue weighted by Gasteiger charge is 2.26. The molecule has 2 aliphatic rings. The van der Waals surface area contributed by atoms with Crippen LogP contribution in [-0.4, -0.2) is 44.1 Å². The van der Waals surface area contributed by atoms with Crippen molar-refractivity contribution in [2.24, 2.45) is 0 Å². The third kappa shape index (κ3) is 3.25. The molecule has 0 unspecified atom stereocenters. The van der Waals surface area contributed by atoms with Crippen molar-refractivity contribution in [2.75, 3.05) is 43.5 Å². The van der Waals surface area contributed by atoms with Gasteiger partial charge in [-0.2, -0.15) is 0 Å². The van der Waals surface area contributed by atoms with Crippen LogP contribution in [0.5, 0.6) is 5.75 Å². The molecular weight excluding hydrogens is 338 g/mol. The number of rotatable bonds is 3. The van der Waals surface area contributed by atoms with Crippen LogP contribution >= 0.6 is 0 Å². The Bertz CT molecular complexity index is 912. The van der Waals surface area contributed by atoms with Crippen molar-refractivity contribution in [1.29, 1.82) is 0 Å². The van der Waals surface area contributed by atoms with E-state index >= 15 is 0 Å². The first-order valence-corrected chi connectivity index (χ1v) is 9.33. The van der Waals surface area contributed by atoms with Crippen LogP contribution in [0.25, 0.3) is 5.57 Å². The Morgan fingerprint density at radius 1 is 1.07 bits per heavy atom. The molecule has 140 valence electrons. The van der Waals surface area contributed by atoms with Crippen molar-refractivity contribution in [3.05, 3.63) is 59.3 Å². The Balaban J connectivity index is 1.51. The Hall–Kier alpha value is -2.95. The van der Waals surface area contributed by atoms with Crippen LogP contribution < -0.4 is 15.0 Å². The molecule has 0 aromatic heterocycles. The van der Waals surface area contributed by atoms with Gasteiger partial charge < -0.3 is 19.9 Å². The number of hydrogen-bond donors (Lipinski definition) is 1. The summed E-state index contributed by atoms with van der Waals surface area (Å²) >= 11 is 0. The Morgan fingerprint density at radius 3 is 2.59 bits per heavy atom. The van der Waals surface area contributed by atoms with Crippen LogP contribution in [0.3, 0.4) is 0 Å². The Morgan fingerprint density at radius 2 is 1.85 bits per heavy atom. The monoisotopic (exact) mass is 363 g/mol. The zero-order valence-electron chi connectivity index (χ0n) is 16.1. The van der Waals surface area contributed by atoms with Gasteiger partial charge in [0.15, 0.2) is 0 Å². The molecule has 0 bridgehead atoms. The largest absolute Gasteiger partial charge is 0.497 e. The molecule has 5 nitrogen and oxygen atoms in total. The number of anilines is 2. The van der Waals surface area contributed by atoms with Gasteiger partial charge >= 0.3 is 0 Å². The second-order valence-electron chi connectivity index (χ2n) is 7.15. The summed E-state index contributed by atoms with van der Waals surface area (Å²) in [6, 6.07) is 12.2. The van der Waals surface area contributed by atoms with Crippen molar-refractivity contribution < 1.29 is 9.53 Å². The lowest BCUT2D eigenvalue weighted by Gasteiger charge is -2.36. The predicted molar refractivity (Wildman–Crippen MR) is 109 cm³/mol. The molecule has 27 heavy (non-hydrogen) atoms. The lowest BCUT2D eigenvalue weighted by atomic mass is 10.1. The molecule has 2 aromatic carbocycles. The molecule has 1 saturated heterocycles. The minimum Gasteiger partial charge on any atom is -0.497 e. The van der Waals surface area contributed by atoms with E-state index in [1.807, 2.05) is 24.4 Å². The van der Waals surface area contributed by atoms with Gasteiger partial charge in [-0.1, -0.05) is 12.1 Å². The maximum absolute atomic E-state index is 12.4. The average molecular weight is 363 g/mol. The molecule has 1 amide bonds. The first-order valence-electron chi connectivity index (χ1n) is 9.33. The summed E-state index contributed by atoms with van der Waals surface area (Å²) in [7, 11) is 1.64. The third-order valence-corrected chi connectivity index (χ3v) is 5.55. The van der Waals surface area contributed by atoms with Crippen LogP contribution in [0.2, 0.25) is 0 Å². The van der Waals surface area contributed by atoms with E-state index in [0.717, 1.165) is 43.2 Å². The number of methoxy groups -OCH3 is 1. The van der Waals surface area contributed by atoms with Gasteiger partial charge in [0, 0.05) is 49.3 Å². The molecule has 2 aromatic rings. The van der Waals surface area contributed by atoms with Gasteiger partial charge in [0.25, 0.3) is 5.91 Å². The molecule has 0 saturated carbocycles. The maximum atomic E-state index is 12.4. The summed E-state index contributed by atoms with van der Waals surface area (Å²) in [4.78, 5) is 17.1. The number of nitrogens with zero attached hydrogens (tertiary/aromatic N) is 2. The van der Waals surface area contributed by atoms with E-state index in [9.17, 15) is 4.79 Å². The molecule has 2 aliphatic heterocycles. The first-order chi connectivity index (χ1) is 13.1. The van der Waals surface area contributed by atoms with E-state index < -0.39 is 0 Å². The molecule has 2 heterocycles. The lowest BCUT2D eigenvalue weighted by Crippen LogP contribution is -2.44. The van der Waals surface area contributed by atoms with Crippen molar-refractivity contribution in [3.63, 3.8) is 0 Å². The van der Waals surface area contributed by atoms with E-state index in [1.165, 1.54) is 16.8 Å². The highest BCUT2D eigenvalue weighted by molar-refractivity contribution is 6.31. The second kappa shape index (κ2) is 6.99. The van der Waals surface area contributed by atoms with E-state index in [-0.39, 0.29) is 5.91 Å². The topological polar surface area (TPSA) is 44.8 Å². The van der Waals surface area contributed by atoms with Crippen LogP contribution in [0, 0.1) is 13.8 Å². The quantitative estimate of drug-likeness (QED) is 0.849. The number of carbonyl (C=O) groups excluding carboxylic acids is 1. The molecule has 1 N–H and O–H groups in total. The number of aryl methyl sites for hydroxylation is 1. The van der Waals surface area contributed by atoms with Gasteiger partial charge in [-0.25, -0.2) is 0 Å². The van der Waals surface area contributed by atoms with Crippen LogP contribution in [-0.2, 0) is 4.79 Å². The maximum Gasteiger partial charge on any atom is 0.257 e. The molecule has 1 fully saturated rings. The fourth-order valence-corrected chi connectivity index (χ4v) is 3.77. The molecule has 5 heteroatoms. The Kier molecular flexibility index (Phi) is 4.52. The molecule has 0 atom stereocenters. The number of carbonyl (C=O) groups is 1. The second-order valence-corrected chi connectivity index (χ2v) is 7.15. The number of fused-ring (bicyclic) bond motifs is 1. The number of amides is 1. The third-order valence-electron chi connectivity index (χ3n) is 5.55. The van der Waals surface area contributed by atoms with Gasteiger partial charge in [-0.05, 0) is 49.2 Å². The normalized spacial score (nSPS) is 17.9. The Labute approximate surface area is 160 Å². The number of piperazine rings is 1. The fourth-order valence-electron chi connectivity index (χ4n) is 3.77. The number of nitrogens with one attached hydrogen (secondary N) is 1. The summed E-state index contributed by atoms with van der Waals surface area (Å²) in [5, 5.41) is 2.94. The van der Waals surface area contributed by atoms with E-state index in [2.05, 4.69) is 47.2 Å². The van der Waals surface area contributed by atoms with E-state index in [1.54, 1.807) is 7.11 Å². The smallest absolute Gasteiger partial charge is 0.257 e.